The lowest BCUT2D eigenvalue weighted by Gasteiger charge is -2.12. The van der Waals surface area contributed by atoms with Crippen molar-refractivity contribution in [3.8, 4) is 0 Å². The van der Waals surface area contributed by atoms with Crippen molar-refractivity contribution in [2.45, 2.75) is 33.2 Å². The van der Waals surface area contributed by atoms with Gasteiger partial charge in [-0.15, -0.1) is 12.4 Å². The number of hydrogen-bond donors (Lipinski definition) is 0. The summed E-state index contributed by atoms with van der Waals surface area (Å²) < 4.78 is 15.6. The van der Waals surface area contributed by atoms with E-state index in [0.29, 0.717) is 0 Å². The first-order chi connectivity index (χ1) is 13.1. The van der Waals surface area contributed by atoms with Gasteiger partial charge in [0.2, 0.25) is 0 Å². The SMILES string of the molecule is Cc1c(C)n(Cc2ccc(F)cc2)c2c(CCc3ccccc3)nccc12.Cl. The van der Waals surface area contributed by atoms with Gasteiger partial charge in [0, 0.05) is 23.8 Å². The van der Waals surface area contributed by atoms with Crippen LogP contribution in [0.3, 0.4) is 0 Å². The molecule has 0 saturated carbocycles. The van der Waals surface area contributed by atoms with Gasteiger partial charge in [-0.3, -0.25) is 4.98 Å². The molecule has 4 heteroatoms. The van der Waals surface area contributed by atoms with Gasteiger partial charge < -0.3 is 4.57 Å². The van der Waals surface area contributed by atoms with Crippen LogP contribution >= 0.6 is 12.4 Å². The molecule has 2 heterocycles. The molecule has 0 atom stereocenters. The fourth-order valence-electron chi connectivity index (χ4n) is 3.73. The Balaban J connectivity index is 0.00000225. The van der Waals surface area contributed by atoms with Gasteiger partial charge in [-0.05, 0) is 61.6 Å². The van der Waals surface area contributed by atoms with E-state index in [0.717, 1.165) is 30.6 Å². The lowest BCUT2D eigenvalue weighted by Crippen LogP contribution is -2.05. The van der Waals surface area contributed by atoms with E-state index in [1.807, 2.05) is 24.4 Å². The molecule has 4 aromatic rings. The summed E-state index contributed by atoms with van der Waals surface area (Å²) in [5, 5.41) is 1.26. The Bertz CT molecular complexity index is 1070. The molecular formula is C24H24ClFN2. The first-order valence-corrected chi connectivity index (χ1v) is 9.35. The molecule has 0 aliphatic rings. The van der Waals surface area contributed by atoms with Crippen LogP contribution in [-0.2, 0) is 19.4 Å². The lowest BCUT2D eigenvalue weighted by molar-refractivity contribution is 0.626. The zero-order valence-electron chi connectivity index (χ0n) is 16.2. The van der Waals surface area contributed by atoms with E-state index in [4.69, 9.17) is 4.98 Å². The van der Waals surface area contributed by atoms with Crippen LogP contribution in [0.4, 0.5) is 4.39 Å². The number of rotatable bonds is 5. The summed E-state index contributed by atoms with van der Waals surface area (Å²) in [6, 6.07) is 19.4. The van der Waals surface area contributed by atoms with E-state index in [1.54, 1.807) is 0 Å². The third-order valence-electron chi connectivity index (χ3n) is 5.37. The van der Waals surface area contributed by atoms with Gasteiger partial charge in [-0.25, -0.2) is 4.39 Å². The van der Waals surface area contributed by atoms with Gasteiger partial charge in [0.1, 0.15) is 5.82 Å². The molecule has 0 unspecified atom stereocenters. The summed E-state index contributed by atoms with van der Waals surface area (Å²) in [6.45, 7) is 5.04. The van der Waals surface area contributed by atoms with Crippen molar-refractivity contribution in [3.63, 3.8) is 0 Å². The van der Waals surface area contributed by atoms with Crippen LogP contribution in [0.15, 0.2) is 66.9 Å². The van der Waals surface area contributed by atoms with Crippen molar-refractivity contribution in [2.75, 3.05) is 0 Å². The molecule has 0 bridgehead atoms. The quantitative estimate of drug-likeness (QED) is 0.403. The molecule has 2 aromatic carbocycles. The second kappa shape index (κ2) is 8.57. The van der Waals surface area contributed by atoms with Gasteiger partial charge in [-0.1, -0.05) is 42.5 Å². The van der Waals surface area contributed by atoms with Crippen LogP contribution in [-0.4, -0.2) is 9.55 Å². The molecule has 28 heavy (non-hydrogen) atoms. The Morgan fingerprint density at radius 3 is 2.29 bits per heavy atom. The van der Waals surface area contributed by atoms with E-state index < -0.39 is 0 Å². The highest BCUT2D eigenvalue weighted by Crippen LogP contribution is 2.28. The minimum Gasteiger partial charge on any atom is -0.339 e. The van der Waals surface area contributed by atoms with E-state index in [1.165, 1.54) is 39.9 Å². The highest BCUT2D eigenvalue weighted by Gasteiger charge is 2.15. The molecule has 4 rings (SSSR count). The third-order valence-corrected chi connectivity index (χ3v) is 5.37. The molecule has 0 saturated heterocycles. The van der Waals surface area contributed by atoms with Gasteiger partial charge in [0.05, 0.1) is 11.2 Å². The average molecular weight is 395 g/mol. The average Bonchev–Trinajstić information content (AvgIpc) is 2.94. The van der Waals surface area contributed by atoms with Crippen LogP contribution < -0.4 is 0 Å². The summed E-state index contributed by atoms with van der Waals surface area (Å²) in [5.74, 6) is -0.200. The minimum atomic E-state index is -0.200. The number of halogens is 2. The van der Waals surface area contributed by atoms with Gasteiger partial charge in [0.15, 0.2) is 0 Å². The Kier molecular flexibility index (Phi) is 6.15. The topological polar surface area (TPSA) is 17.8 Å². The summed E-state index contributed by atoms with van der Waals surface area (Å²) in [4.78, 5) is 4.71. The molecule has 0 N–H and O–H groups in total. The van der Waals surface area contributed by atoms with Crippen molar-refractivity contribution in [3.05, 3.63) is 101 Å². The molecule has 0 spiro atoms. The molecule has 0 aliphatic heterocycles. The Hall–Kier alpha value is -2.65. The van der Waals surface area contributed by atoms with Crippen LogP contribution in [0.1, 0.15) is 28.1 Å². The predicted octanol–water partition coefficient (Wildman–Crippen LogP) is 6.05. The van der Waals surface area contributed by atoms with Gasteiger partial charge >= 0.3 is 0 Å². The predicted molar refractivity (Wildman–Crippen MR) is 116 cm³/mol. The van der Waals surface area contributed by atoms with Gasteiger partial charge in [0.25, 0.3) is 0 Å². The zero-order valence-corrected chi connectivity index (χ0v) is 17.0. The van der Waals surface area contributed by atoms with E-state index in [2.05, 4.69) is 48.7 Å². The highest BCUT2D eigenvalue weighted by molar-refractivity contribution is 5.87. The fraction of sp³-hybridized carbons (Fsp3) is 0.208. The molecule has 0 fully saturated rings. The third kappa shape index (κ3) is 3.95. The first-order valence-electron chi connectivity index (χ1n) is 9.35. The number of nitrogens with zero attached hydrogens (tertiary/aromatic N) is 2. The number of aromatic nitrogens is 2. The smallest absolute Gasteiger partial charge is 0.123 e. The maximum atomic E-state index is 13.3. The van der Waals surface area contributed by atoms with E-state index in [9.17, 15) is 4.39 Å². The van der Waals surface area contributed by atoms with Crippen molar-refractivity contribution >= 4 is 23.3 Å². The van der Waals surface area contributed by atoms with Crippen LogP contribution in [0.2, 0.25) is 0 Å². The zero-order chi connectivity index (χ0) is 18.8. The van der Waals surface area contributed by atoms with Crippen molar-refractivity contribution in [2.24, 2.45) is 0 Å². The Morgan fingerprint density at radius 1 is 0.857 bits per heavy atom. The molecule has 0 aliphatic carbocycles. The maximum absolute atomic E-state index is 13.3. The van der Waals surface area contributed by atoms with Crippen LogP contribution in [0, 0.1) is 19.7 Å². The molecule has 0 amide bonds. The number of fused-ring (bicyclic) bond motifs is 1. The largest absolute Gasteiger partial charge is 0.339 e. The number of pyridine rings is 1. The molecule has 2 aromatic heterocycles. The van der Waals surface area contributed by atoms with Crippen molar-refractivity contribution < 1.29 is 4.39 Å². The minimum absolute atomic E-state index is 0. The summed E-state index contributed by atoms with van der Waals surface area (Å²) >= 11 is 0. The number of aryl methyl sites for hydroxylation is 3. The number of benzene rings is 2. The second-order valence-corrected chi connectivity index (χ2v) is 7.06. The van der Waals surface area contributed by atoms with Crippen LogP contribution in [0.25, 0.3) is 10.9 Å². The highest BCUT2D eigenvalue weighted by atomic mass is 35.5. The maximum Gasteiger partial charge on any atom is 0.123 e. The van der Waals surface area contributed by atoms with Crippen molar-refractivity contribution in [1.82, 2.24) is 9.55 Å². The molecule has 0 radical (unpaired) electrons. The molecule has 2 nitrogen and oxygen atoms in total. The summed E-state index contributed by atoms with van der Waals surface area (Å²) in [5.41, 5.74) is 7.26. The van der Waals surface area contributed by atoms with E-state index >= 15 is 0 Å². The summed E-state index contributed by atoms with van der Waals surface area (Å²) in [7, 11) is 0. The Labute approximate surface area is 171 Å². The molecular weight excluding hydrogens is 371 g/mol. The monoisotopic (exact) mass is 394 g/mol. The van der Waals surface area contributed by atoms with Gasteiger partial charge in [-0.2, -0.15) is 0 Å². The second-order valence-electron chi connectivity index (χ2n) is 7.06. The van der Waals surface area contributed by atoms with Crippen molar-refractivity contribution in [1.29, 1.82) is 0 Å². The Morgan fingerprint density at radius 2 is 1.57 bits per heavy atom. The number of hydrogen-bond acceptors (Lipinski definition) is 1. The normalized spacial score (nSPS) is 10.8. The van der Waals surface area contributed by atoms with Crippen LogP contribution in [0.5, 0.6) is 0 Å². The lowest BCUT2D eigenvalue weighted by atomic mass is 10.1. The molecule has 144 valence electrons. The summed E-state index contributed by atoms with van der Waals surface area (Å²) in [6.07, 6.45) is 3.78. The van der Waals surface area contributed by atoms with E-state index in [-0.39, 0.29) is 18.2 Å². The fourth-order valence-corrected chi connectivity index (χ4v) is 3.73. The standard InChI is InChI=1S/C24H23FN2.ClH/c1-17-18(2)27(16-20-8-11-21(25)12-9-20)24-22(17)14-15-26-23(24)13-10-19-6-4-3-5-7-19;/h3-9,11-12,14-15H,10,13,16H2,1-2H3;1H. The first kappa shape index (κ1) is 20.1.